The Morgan fingerprint density at radius 2 is 1.95 bits per heavy atom. The predicted molar refractivity (Wildman–Crippen MR) is 164 cm³/mol. The van der Waals surface area contributed by atoms with Crippen molar-refractivity contribution in [3.8, 4) is 5.75 Å². The van der Waals surface area contributed by atoms with Gasteiger partial charge >= 0.3 is 6.09 Å². The maximum Gasteiger partial charge on any atom is 0.410 e. The Morgan fingerprint density at radius 1 is 1.21 bits per heavy atom. The number of hydrogen-bond acceptors (Lipinski definition) is 7. The van der Waals surface area contributed by atoms with E-state index in [-0.39, 0.29) is 24.3 Å². The second kappa shape index (κ2) is 11.0. The van der Waals surface area contributed by atoms with E-state index in [1.54, 1.807) is 11.8 Å². The molecule has 2 aliphatic heterocycles. The number of benzene rings is 2. The number of hydrogen-bond donors (Lipinski definition) is 0. The number of amides is 1. The molecule has 0 radical (unpaired) electrons. The summed E-state index contributed by atoms with van der Waals surface area (Å²) in [5.41, 5.74) is 1.39. The van der Waals surface area contributed by atoms with Crippen LogP contribution < -0.4 is 9.64 Å². The van der Waals surface area contributed by atoms with Gasteiger partial charge in [0.2, 0.25) is 0 Å². The summed E-state index contributed by atoms with van der Waals surface area (Å²) in [6, 6.07) is 12.6. The molecule has 2 fully saturated rings. The first-order valence-corrected chi connectivity index (χ1v) is 15.7. The van der Waals surface area contributed by atoms with Crippen LogP contribution in [-0.4, -0.2) is 57.5 Å². The Morgan fingerprint density at radius 3 is 2.58 bits per heavy atom. The van der Waals surface area contributed by atoms with Crippen LogP contribution in [0.5, 0.6) is 5.75 Å². The van der Waals surface area contributed by atoms with E-state index in [0.29, 0.717) is 6.54 Å². The molecule has 0 saturated carbocycles. The number of thioether (sulfide) groups is 1. The van der Waals surface area contributed by atoms with Gasteiger partial charge in [-0.1, -0.05) is 49.0 Å². The van der Waals surface area contributed by atoms with Gasteiger partial charge in [-0.05, 0) is 90.0 Å². The van der Waals surface area contributed by atoms with Gasteiger partial charge in [0.15, 0.2) is 10.9 Å². The average Bonchev–Trinajstić information content (AvgIpc) is 3.48. The van der Waals surface area contributed by atoms with Gasteiger partial charge in [0.05, 0.1) is 16.6 Å². The fourth-order valence-electron chi connectivity index (χ4n) is 5.11. The van der Waals surface area contributed by atoms with Gasteiger partial charge in [-0.25, -0.2) is 14.8 Å². The maximum absolute atomic E-state index is 12.8. The lowest BCUT2D eigenvalue weighted by molar-refractivity contribution is 0.0214. The van der Waals surface area contributed by atoms with Crippen LogP contribution >= 0.6 is 50.3 Å². The monoisotopic (exact) mass is 710 g/mol. The number of fused-ring (bicyclic) bond motifs is 3. The predicted octanol–water partition coefficient (Wildman–Crippen LogP) is 7.45. The van der Waals surface area contributed by atoms with Gasteiger partial charge in [-0.2, -0.15) is 0 Å². The molecule has 1 aromatic heterocycles. The van der Waals surface area contributed by atoms with Crippen molar-refractivity contribution in [3.05, 3.63) is 50.0 Å². The molecule has 3 aromatic rings. The number of anilines is 1. The number of carbonyl (C=O) groups excluding carboxylic acids is 1. The van der Waals surface area contributed by atoms with Crippen molar-refractivity contribution in [3.63, 3.8) is 0 Å². The standard InChI is InChI=1S/C28H32BrIN4O3S/c1-6-38-26-31-23-20(13-21(30)22(29)24(23)36-16(2)17-10-8-7-9-11-17)25(32-26)33-14-19-12-18(33)15-34(19)27(35)37-28(3,4)5/h7-11,13,16,18-19H,6,12,14-15H2,1-5H3/t16-,18+,19+/m1/s1. The number of ether oxygens (including phenoxy) is 2. The molecule has 2 bridgehead atoms. The van der Waals surface area contributed by atoms with Gasteiger partial charge in [0.1, 0.15) is 23.0 Å². The summed E-state index contributed by atoms with van der Waals surface area (Å²) in [6.45, 7) is 11.2. The number of halogens is 2. The molecule has 2 aromatic carbocycles. The molecule has 7 nitrogen and oxygen atoms in total. The minimum Gasteiger partial charge on any atom is -0.483 e. The third kappa shape index (κ3) is 5.58. The lowest BCUT2D eigenvalue weighted by atomic mass is 10.1. The summed E-state index contributed by atoms with van der Waals surface area (Å²) >= 11 is 7.74. The molecule has 1 amide bonds. The highest BCUT2D eigenvalue weighted by atomic mass is 127. The Labute approximate surface area is 250 Å². The number of piperazine rings is 1. The van der Waals surface area contributed by atoms with Crippen LogP contribution in [-0.2, 0) is 4.74 Å². The number of aromatic nitrogens is 2. The van der Waals surface area contributed by atoms with Crippen molar-refractivity contribution in [1.29, 1.82) is 0 Å². The molecule has 0 unspecified atom stereocenters. The molecule has 38 heavy (non-hydrogen) atoms. The van der Waals surface area contributed by atoms with Gasteiger partial charge in [0.25, 0.3) is 0 Å². The lowest BCUT2D eigenvalue weighted by Crippen LogP contribution is -2.50. The lowest BCUT2D eigenvalue weighted by Gasteiger charge is -2.36. The summed E-state index contributed by atoms with van der Waals surface area (Å²) < 4.78 is 14.2. The van der Waals surface area contributed by atoms with Crippen LogP contribution in [0.15, 0.2) is 46.0 Å². The van der Waals surface area contributed by atoms with Gasteiger partial charge in [0, 0.05) is 22.0 Å². The average molecular weight is 711 g/mol. The normalized spacial score (nSPS) is 19.8. The largest absolute Gasteiger partial charge is 0.483 e. The van der Waals surface area contributed by atoms with Crippen LogP contribution in [0.3, 0.4) is 0 Å². The first-order valence-electron chi connectivity index (χ1n) is 12.9. The Hall–Kier alpha value is -1.79. The van der Waals surface area contributed by atoms with Gasteiger partial charge in [-0.3, -0.25) is 0 Å². The van der Waals surface area contributed by atoms with Gasteiger partial charge in [-0.15, -0.1) is 0 Å². The summed E-state index contributed by atoms with van der Waals surface area (Å²) in [4.78, 5) is 27.1. The number of rotatable bonds is 6. The van der Waals surface area contributed by atoms with E-state index >= 15 is 0 Å². The molecule has 2 saturated heterocycles. The minimum absolute atomic E-state index is 0.102. The highest BCUT2D eigenvalue weighted by molar-refractivity contribution is 14.1. The molecule has 3 atom stereocenters. The molecular formula is C28H32BrIN4O3S. The number of carbonyl (C=O) groups is 1. The van der Waals surface area contributed by atoms with Crippen LogP contribution in [0.2, 0.25) is 0 Å². The first kappa shape index (κ1) is 27.8. The summed E-state index contributed by atoms with van der Waals surface area (Å²) in [5, 5.41) is 1.69. The summed E-state index contributed by atoms with van der Waals surface area (Å²) in [6.07, 6.45) is 0.520. The smallest absolute Gasteiger partial charge is 0.410 e. The summed E-state index contributed by atoms with van der Waals surface area (Å²) in [5.74, 6) is 2.50. The molecule has 0 aliphatic carbocycles. The molecular weight excluding hydrogens is 679 g/mol. The van der Waals surface area contributed by atoms with Crippen LogP contribution in [0.25, 0.3) is 10.9 Å². The molecule has 3 heterocycles. The molecule has 10 heteroatoms. The Kier molecular flexibility index (Phi) is 8.04. The van der Waals surface area contributed by atoms with Crippen molar-refractivity contribution in [1.82, 2.24) is 14.9 Å². The van der Waals surface area contributed by atoms with Crippen LogP contribution in [0, 0.1) is 3.57 Å². The van der Waals surface area contributed by atoms with Crippen LogP contribution in [0.1, 0.15) is 52.7 Å². The van der Waals surface area contributed by atoms with E-state index in [2.05, 4.69) is 75.5 Å². The van der Waals surface area contributed by atoms with E-state index in [1.807, 2.05) is 43.9 Å². The van der Waals surface area contributed by atoms with Crippen molar-refractivity contribution in [2.45, 2.75) is 70.0 Å². The molecule has 2 aliphatic rings. The third-order valence-corrected chi connectivity index (χ3v) is 9.89. The number of likely N-dealkylation sites (tertiary alicyclic amines) is 1. The van der Waals surface area contributed by atoms with Crippen LogP contribution in [0.4, 0.5) is 10.6 Å². The SMILES string of the molecule is CCSc1nc(N2C[C@@H]3C[C@H]2CN3C(=O)OC(C)(C)C)c2cc(I)c(Br)c(O[C@H](C)c3ccccc3)c2n1. The maximum atomic E-state index is 12.8. The first-order chi connectivity index (χ1) is 18.1. The quantitative estimate of drug-likeness (QED) is 0.150. The van der Waals surface area contributed by atoms with Crippen molar-refractivity contribution in [2.24, 2.45) is 0 Å². The minimum atomic E-state index is -0.509. The number of nitrogens with zero attached hydrogens (tertiary/aromatic N) is 4. The zero-order valence-electron chi connectivity index (χ0n) is 22.2. The van der Waals surface area contributed by atoms with E-state index in [9.17, 15) is 4.79 Å². The zero-order chi connectivity index (χ0) is 27.2. The Bertz CT molecular complexity index is 1350. The van der Waals surface area contributed by atoms with Crippen molar-refractivity contribution < 1.29 is 14.3 Å². The molecule has 0 N–H and O–H groups in total. The van der Waals surface area contributed by atoms with Gasteiger partial charge < -0.3 is 19.3 Å². The van der Waals surface area contributed by atoms with Crippen molar-refractivity contribution >= 4 is 73.1 Å². The fourth-order valence-corrected chi connectivity index (χ4v) is 6.62. The summed E-state index contributed by atoms with van der Waals surface area (Å²) in [7, 11) is 0. The fraction of sp³-hybridized carbons (Fsp3) is 0.464. The topological polar surface area (TPSA) is 67.8 Å². The zero-order valence-corrected chi connectivity index (χ0v) is 26.8. The second-order valence-electron chi connectivity index (χ2n) is 10.7. The van der Waals surface area contributed by atoms with Crippen molar-refractivity contribution in [2.75, 3.05) is 23.7 Å². The Balaban J connectivity index is 1.52. The van der Waals surface area contributed by atoms with E-state index in [4.69, 9.17) is 19.4 Å². The third-order valence-electron chi connectivity index (χ3n) is 6.78. The van der Waals surface area contributed by atoms with E-state index in [1.165, 1.54) is 0 Å². The molecule has 202 valence electrons. The second-order valence-corrected chi connectivity index (χ2v) is 13.8. The van der Waals surface area contributed by atoms with E-state index in [0.717, 1.165) is 60.0 Å². The highest BCUT2D eigenvalue weighted by Crippen LogP contribution is 2.44. The van der Waals surface area contributed by atoms with E-state index < -0.39 is 5.60 Å². The molecule has 0 spiro atoms. The highest BCUT2D eigenvalue weighted by Gasteiger charge is 2.47. The molecule has 5 rings (SSSR count).